The van der Waals surface area contributed by atoms with Crippen LogP contribution < -0.4 is 4.73 Å². The van der Waals surface area contributed by atoms with E-state index in [1.807, 2.05) is 11.5 Å². The fraction of sp³-hybridized carbons (Fsp3) is 0.190. The second-order valence-electron chi connectivity index (χ2n) is 6.41. The van der Waals surface area contributed by atoms with Crippen LogP contribution in [0.4, 0.5) is 4.39 Å². The van der Waals surface area contributed by atoms with Crippen molar-refractivity contribution in [1.29, 1.82) is 0 Å². The summed E-state index contributed by atoms with van der Waals surface area (Å²) in [4.78, 5) is 24.5. The first-order valence-electron chi connectivity index (χ1n) is 8.66. The molecule has 7 heteroatoms. The van der Waals surface area contributed by atoms with Crippen molar-refractivity contribution in [3.05, 3.63) is 94.0 Å². The zero-order chi connectivity index (χ0) is 20.3. The Labute approximate surface area is 161 Å². The van der Waals surface area contributed by atoms with E-state index in [2.05, 4.69) is 0 Å². The molecule has 0 spiro atoms. The van der Waals surface area contributed by atoms with Crippen LogP contribution in [0.15, 0.2) is 54.7 Å². The van der Waals surface area contributed by atoms with Crippen LogP contribution in [0.2, 0.25) is 0 Å². The van der Waals surface area contributed by atoms with Gasteiger partial charge in [-0.15, -0.1) is 0 Å². The minimum atomic E-state index is -0.857. The number of ether oxygens (including phenoxy) is 1. The molecule has 1 aromatic carbocycles. The number of halogens is 1. The van der Waals surface area contributed by atoms with E-state index in [-0.39, 0.29) is 17.3 Å². The predicted octanol–water partition coefficient (Wildman–Crippen LogP) is 2.97. The monoisotopic (exact) mass is 382 g/mol. The highest BCUT2D eigenvalue weighted by Gasteiger charge is 2.21. The molecule has 28 heavy (non-hydrogen) atoms. The van der Waals surface area contributed by atoms with Crippen molar-refractivity contribution in [2.24, 2.45) is 0 Å². The summed E-state index contributed by atoms with van der Waals surface area (Å²) in [7, 11) is 0. The van der Waals surface area contributed by atoms with Gasteiger partial charge in [0.25, 0.3) is 0 Å². The Hall–Kier alpha value is -3.48. The summed E-state index contributed by atoms with van der Waals surface area (Å²) >= 11 is 0. The molecule has 0 radical (unpaired) electrons. The Morgan fingerprint density at radius 2 is 1.86 bits per heavy atom. The molecular weight excluding hydrogens is 363 g/mol. The number of nitrogens with zero attached hydrogens (tertiary/aromatic N) is 2. The Kier molecular flexibility index (Phi) is 5.54. The molecule has 0 bridgehead atoms. The van der Waals surface area contributed by atoms with Crippen LogP contribution in [-0.4, -0.2) is 22.9 Å². The number of benzene rings is 1. The number of hydrogen-bond donors (Lipinski definition) is 0. The third-order valence-electron chi connectivity index (χ3n) is 4.50. The molecule has 0 aliphatic heterocycles. The van der Waals surface area contributed by atoms with Crippen molar-refractivity contribution in [3.63, 3.8) is 0 Å². The molecule has 0 saturated carbocycles. The quantitative estimate of drug-likeness (QED) is 0.284. The standard InChI is InChI=1S/C21H19FN2O4/c1-14-11-18(15(2)23(14)12-16-6-8-17(22)9-7-16)20(25)13-28-21(26)19-5-3-4-10-24(19)27/h3-11H,12-13H2,1-2H3. The second-order valence-corrected chi connectivity index (χ2v) is 6.41. The summed E-state index contributed by atoms with van der Waals surface area (Å²) in [5.74, 6) is -1.52. The van der Waals surface area contributed by atoms with Gasteiger partial charge < -0.3 is 14.5 Å². The smallest absolute Gasteiger partial charge is 0.405 e. The Morgan fingerprint density at radius 3 is 2.54 bits per heavy atom. The van der Waals surface area contributed by atoms with Gasteiger partial charge in [-0.3, -0.25) is 4.79 Å². The number of carbonyl (C=O) groups is 2. The molecule has 0 fully saturated rings. The lowest BCUT2D eigenvalue weighted by molar-refractivity contribution is -0.608. The summed E-state index contributed by atoms with van der Waals surface area (Å²) in [5.41, 5.74) is 2.74. The highest BCUT2D eigenvalue weighted by molar-refractivity contribution is 6.00. The lowest BCUT2D eigenvalue weighted by Gasteiger charge is -2.10. The third-order valence-corrected chi connectivity index (χ3v) is 4.50. The SMILES string of the molecule is Cc1cc(C(=O)COC(=O)c2cccc[n+]2[O-])c(C)n1Cc1ccc(F)cc1. The van der Waals surface area contributed by atoms with Gasteiger partial charge in [-0.1, -0.05) is 12.1 Å². The number of hydrogen-bond acceptors (Lipinski definition) is 4. The van der Waals surface area contributed by atoms with Crippen LogP contribution in [0.25, 0.3) is 0 Å². The van der Waals surface area contributed by atoms with E-state index < -0.39 is 12.6 Å². The van der Waals surface area contributed by atoms with Gasteiger partial charge in [0.15, 0.2) is 12.8 Å². The van der Waals surface area contributed by atoms with Crippen LogP contribution in [0.5, 0.6) is 0 Å². The summed E-state index contributed by atoms with van der Waals surface area (Å²) in [6.45, 7) is 3.69. The normalized spacial score (nSPS) is 10.7. The second kappa shape index (κ2) is 8.04. The van der Waals surface area contributed by atoms with Crippen LogP contribution in [-0.2, 0) is 11.3 Å². The molecule has 2 heterocycles. The fourth-order valence-electron chi connectivity index (χ4n) is 2.97. The minimum Gasteiger partial charge on any atom is -0.618 e. The van der Waals surface area contributed by atoms with Crippen molar-refractivity contribution < 1.29 is 23.4 Å². The molecule has 0 atom stereocenters. The topological polar surface area (TPSA) is 75.2 Å². The van der Waals surface area contributed by atoms with Gasteiger partial charge in [0, 0.05) is 35.6 Å². The third kappa shape index (κ3) is 4.09. The number of pyridine rings is 1. The van der Waals surface area contributed by atoms with Gasteiger partial charge in [-0.05, 0) is 43.7 Å². The Bertz CT molecular complexity index is 1030. The molecule has 144 valence electrons. The van der Waals surface area contributed by atoms with E-state index in [1.165, 1.54) is 36.5 Å². The summed E-state index contributed by atoms with van der Waals surface area (Å²) in [6, 6.07) is 12.2. The maximum Gasteiger partial charge on any atom is 0.405 e. The molecule has 0 saturated heterocycles. The lowest BCUT2D eigenvalue weighted by Crippen LogP contribution is -2.35. The van der Waals surface area contributed by atoms with E-state index >= 15 is 0 Å². The number of carbonyl (C=O) groups excluding carboxylic acids is 2. The van der Waals surface area contributed by atoms with Gasteiger partial charge in [-0.2, -0.15) is 4.73 Å². The number of rotatable bonds is 6. The number of aromatic nitrogens is 2. The molecule has 0 unspecified atom stereocenters. The van der Waals surface area contributed by atoms with E-state index in [4.69, 9.17) is 4.74 Å². The first-order valence-corrected chi connectivity index (χ1v) is 8.66. The lowest BCUT2D eigenvalue weighted by atomic mass is 10.1. The zero-order valence-electron chi connectivity index (χ0n) is 15.5. The number of esters is 1. The maximum atomic E-state index is 13.1. The molecule has 0 aliphatic carbocycles. The Morgan fingerprint density at radius 1 is 1.14 bits per heavy atom. The van der Waals surface area contributed by atoms with Gasteiger partial charge in [0.2, 0.25) is 5.78 Å². The first-order chi connectivity index (χ1) is 13.4. The minimum absolute atomic E-state index is 0.183. The summed E-state index contributed by atoms with van der Waals surface area (Å²) < 4.78 is 20.4. The van der Waals surface area contributed by atoms with Crippen LogP contribution >= 0.6 is 0 Å². The zero-order valence-corrected chi connectivity index (χ0v) is 15.5. The number of ketones is 1. The molecule has 6 nitrogen and oxygen atoms in total. The number of Topliss-reactive ketones (excluding diaryl/α,β-unsaturated/α-hetero) is 1. The molecule has 2 aromatic heterocycles. The van der Waals surface area contributed by atoms with Gasteiger partial charge >= 0.3 is 11.7 Å². The average molecular weight is 382 g/mol. The fourth-order valence-corrected chi connectivity index (χ4v) is 2.97. The molecule has 0 aliphatic rings. The van der Waals surface area contributed by atoms with Gasteiger partial charge in [0.05, 0.1) is 0 Å². The molecule has 0 N–H and O–H groups in total. The van der Waals surface area contributed by atoms with Crippen LogP contribution in [0, 0.1) is 24.9 Å². The maximum absolute atomic E-state index is 13.1. The largest absolute Gasteiger partial charge is 0.618 e. The molecule has 3 rings (SSSR count). The molecular formula is C21H19FN2O4. The highest BCUT2D eigenvalue weighted by Crippen LogP contribution is 2.18. The summed E-state index contributed by atoms with van der Waals surface area (Å²) in [5, 5.41) is 11.6. The molecule has 3 aromatic rings. The van der Waals surface area contributed by atoms with Gasteiger partial charge in [0.1, 0.15) is 5.82 Å². The van der Waals surface area contributed by atoms with E-state index in [0.717, 1.165) is 17.0 Å². The predicted molar refractivity (Wildman–Crippen MR) is 99.4 cm³/mol. The summed E-state index contributed by atoms with van der Waals surface area (Å²) in [6.07, 6.45) is 1.18. The van der Waals surface area contributed by atoms with Gasteiger partial charge in [-0.25, -0.2) is 9.18 Å². The van der Waals surface area contributed by atoms with Crippen molar-refractivity contribution in [1.82, 2.24) is 4.57 Å². The Balaban J connectivity index is 1.71. The first kappa shape index (κ1) is 19.3. The van der Waals surface area contributed by atoms with E-state index in [9.17, 15) is 19.2 Å². The van der Waals surface area contributed by atoms with E-state index in [1.54, 1.807) is 25.1 Å². The van der Waals surface area contributed by atoms with E-state index in [0.29, 0.717) is 16.8 Å². The average Bonchev–Trinajstić information content (AvgIpc) is 2.96. The molecule has 0 amide bonds. The van der Waals surface area contributed by atoms with Crippen molar-refractivity contribution in [2.75, 3.05) is 6.61 Å². The van der Waals surface area contributed by atoms with Crippen LogP contribution in [0.3, 0.4) is 0 Å². The highest BCUT2D eigenvalue weighted by atomic mass is 19.1. The van der Waals surface area contributed by atoms with Crippen molar-refractivity contribution in [2.45, 2.75) is 20.4 Å². The van der Waals surface area contributed by atoms with Crippen LogP contribution in [0.1, 0.15) is 37.8 Å². The van der Waals surface area contributed by atoms with Crippen molar-refractivity contribution in [3.8, 4) is 0 Å². The number of aryl methyl sites for hydroxylation is 1. The van der Waals surface area contributed by atoms with Crippen molar-refractivity contribution >= 4 is 11.8 Å².